The number of benzene rings is 1. The quantitative estimate of drug-likeness (QED) is 0.772. The number of hydrogen-bond acceptors (Lipinski definition) is 6. The molecule has 0 spiro atoms. The predicted molar refractivity (Wildman–Crippen MR) is 99.5 cm³/mol. The summed E-state index contributed by atoms with van der Waals surface area (Å²) in [6.07, 6.45) is -0.795. The Labute approximate surface area is 164 Å². The second-order valence-electron chi connectivity index (χ2n) is 8.08. The summed E-state index contributed by atoms with van der Waals surface area (Å²) in [5.41, 5.74) is 0.0944. The van der Waals surface area contributed by atoms with Gasteiger partial charge in [-0.1, -0.05) is 0 Å². The normalized spacial score (nSPS) is 22.9. The van der Waals surface area contributed by atoms with E-state index >= 15 is 0 Å². The first-order chi connectivity index (χ1) is 13.2. The lowest BCUT2D eigenvalue weighted by Gasteiger charge is -2.46. The maximum Gasteiger partial charge on any atom is 0.410 e. The summed E-state index contributed by atoms with van der Waals surface area (Å²) in [7, 11) is 1.40. The van der Waals surface area contributed by atoms with E-state index in [0.29, 0.717) is 38.3 Å². The number of piperazine rings is 1. The van der Waals surface area contributed by atoms with Crippen LogP contribution in [0.2, 0.25) is 0 Å². The third-order valence-corrected chi connectivity index (χ3v) is 4.93. The van der Waals surface area contributed by atoms with Crippen LogP contribution in [-0.2, 0) is 9.47 Å². The first-order valence-electron chi connectivity index (χ1n) is 9.33. The van der Waals surface area contributed by atoms with Crippen LogP contribution in [0.3, 0.4) is 0 Å². The Morgan fingerprint density at radius 3 is 2.71 bits per heavy atom. The molecule has 0 unspecified atom stereocenters. The number of amides is 1. The molecule has 0 radical (unpaired) electrons. The Morgan fingerprint density at radius 2 is 2.07 bits per heavy atom. The van der Waals surface area contributed by atoms with Crippen LogP contribution in [0.5, 0.6) is 5.75 Å². The van der Waals surface area contributed by atoms with Crippen molar-refractivity contribution in [2.24, 2.45) is 0 Å². The molecule has 2 aliphatic heterocycles. The number of halogens is 1. The van der Waals surface area contributed by atoms with Crippen LogP contribution in [0.25, 0.3) is 0 Å². The van der Waals surface area contributed by atoms with Crippen LogP contribution in [0.1, 0.15) is 38.0 Å². The number of fused-ring (bicyclic) bond motifs is 1. The van der Waals surface area contributed by atoms with Gasteiger partial charge in [-0.2, -0.15) is 5.26 Å². The van der Waals surface area contributed by atoms with E-state index in [4.69, 9.17) is 14.2 Å². The van der Waals surface area contributed by atoms with Crippen molar-refractivity contribution < 1.29 is 23.4 Å². The van der Waals surface area contributed by atoms with Crippen molar-refractivity contribution >= 4 is 6.09 Å². The van der Waals surface area contributed by atoms with Crippen molar-refractivity contribution in [3.8, 4) is 11.8 Å². The lowest BCUT2D eigenvalue weighted by Crippen LogP contribution is -2.60. The third-order valence-electron chi connectivity index (χ3n) is 4.93. The summed E-state index contributed by atoms with van der Waals surface area (Å²) in [5.74, 6) is -0.241. The molecule has 1 amide bonds. The molecule has 2 saturated heterocycles. The van der Waals surface area contributed by atoms with Gasteiger partial charge in [0.2, 0.25) is 0 Å². The highest BCUT2D eigenvalue weighted by atomic mass is 19.1. The molecule has 8 heteroatoms. The minimum Gasteiger partial charge on any atom is -0.495 e. The van der Waals surface area contributed by atoms with Crippen molar-refractivity contribution in [1.82, 2.24) is 9.80 Å². The zero-order chi connectivity index (χ0) is 20.5. The van der Waals surface area contributed by atoms with Crippen molar-refractivity contribution in [3.63, 3.8) is 0 Å². The van der Waals surface area contributed by atoms with Gasteiger partial charge < -0.3 is 19.1 Å². The second-order valence-corrected chi connectivity index (χ2v) is 8.08. The molecule has 28 heavy (non-hydrogen) atoms. The average Bonchev–Trinajstić information content (AvgIpc) is 2.65. The molecule has 1 aromatic rings. The van der Waals surface area contributed by atoms with E-state index in [9.17, 15) is 14.4 Å². The van der Waals surface area contributed by atoms with Crippen molar-refractivity contribution in [1.29, 1.82) is 5.26 Å². The van der Waals surface area contributed by atoms with Crippen LogP contribution < -0.4 is 4.74 Å². The lowest BCUT2D eigenvalue weighted by molar-refractivity contribution is -0.0915. The minimum absolute atomic E-state index is 0.0364. The van der Waals surface area contributed by atoms with Crippen LogP contribution in [-0.4, -0.2) is 67.4 Å². The Morgan fingerprint density at radius 1 is 1.32 bits per heavy atom. The number of carbonyl (C=O) groups excluding carboxylic acids is 1. The van der Waals surface area contributed by atoms with Gasteiger partial charge in [0.1, 0.15) is 23.2 Å². The number of nitrogens with zero attached hydrogens (tertiary/aromatic N) is 3. The van der Waals surface area contributed by atoms with Crippen LogP contribution in [0.4, 0.5) is 9.18 Å². The van der Waals surface area contributed by atoms with Gasteiger partial charge in [-0.25, -0.2) is 9.18 Å². The maximum absolute atomic E-state index is 14.5. The number of ether oxygens (including phenoxy) is 3. The summed E-state index contributed by atoms with van der Waals surface area (Å²) in [5, 5.41) is 9.26. The fourth-order valence-corrected chi connectivity index (χ4v) is 3.54. The first-order valence-corrected chi connectivity index (χ1v) is 9.33. The molecular formula is C20H26FN3O4. The molecule has 2 atom stereocenters. The number of morpholine rings is 1. The standard InChI is InChI=1S/C20H26FN3O4/c1-20(2,3)28-19(25)24-6-5-23-11-18(27-12-14(23)10-24)15-7-13(9-22)17(26-4)8-16(15)21/h7-8,14,18H,5-6,10-12H2,1-4H3/t14-,18-/m0/s1. The molecule has 1 aromatic carbocycles. The fourth-order valence-electron chi connectivity index (χ4n) is 3.54. The summed E-state index contributed by atoms with van der Waals surface area (Å²) in [6, 6.07) is 4.79. The van der Waals surface area contributed by atoms with Crippen molar-refractivity contribution in [3.05, 3.63) is 29.1 Å². The average molecular weight is 391 g/mol. The summed E-state index contributed by atoms with van der Waals surface area (Å²) in [4.78, 5) is 16.2. The van der Waals surface area contributed by atoms with Gasteiger partial charge >= 0.3 is 6.09 Å². The highest BCUT2D eigenvalue weighted by molar-refractivity contribution is 5.68. The second kappa shape index (κ2) is 7.94. The van der Waals surface area contributed by atoms with E-state index < -0.39 is 17.5 Å². The molecule has 3 rings (SSSR count). The highest BCUT2D eigenvalue weighted by Gasteiger charge is 2.37. The molecule has 2 heterocycles. The Kier molecular flexibility index (Phi) is 5.77. The number of nitriles is 1. The maximum atomic E-state index is 14.5. The van der Waals surface area contributed by atoms with E-state index in [-0.39, 0.29) is 23.4 Å². The molecule has 0 saturated carbocycles. The number of hydrogen-bond donors (Lipinski definition) is 0. The first kappa shape index (κ1) is 20.4. The summed E-state index contributed by atoms with van der Waals surface area (Å²) >= 11 is 0. The van der Waals surface area contributed by atoms with Gasteiger partial charge in [0.15, 0.2) is 0 Å². The van der Waals surface area contributed by atoms with E-state index in [1.54, 1.807) is 4.90 Å². The van der Waals surface area contributed by atoms with E-state index in [2.05, 4.69) is 4.90 Å². The van der Waals surface area contributed by atoms with E-state index in [1.165, 1.54) is 19.2 Å². The molecule has 7 nitrogen and oxygen atoms in total. The number of carbonyl (C=O) groups is 1. The Hall–Kier alpha value is -2.37. The molecule has 152 valence electrons. The van der Waals surface area contributed by atoms with Gasteiger partial charge in [-0.15, -0.1) is 0 Å². The third kappa shape index (κ3) is 4.37. The molecule has 0 N–H and O–H groups in total. The smallest absolute Gasteiger partial charge is 0.410 e. The SMILES string of the molecule is COc1cc(F)c([C@@H]2CN3CCN(C(=O)OC(C)(C)C)C[C@H]3CO2)cc1C#N. The predicted octanol–water partition coefficient (Wildman–Crippen LogP) is 2.70. The van der Waals surface area contributed by atoms with Gasteiger partial charge in [0.25, 0.3) is 0 Å². The van der Waals surface area contributed by atoms with Gasteiger partial charge in [0.05, 0.1) is 31.4 Å². The van der Waals surface area contributed by atoms with Gasteiger partial charge in [-0.3, -0.25) is 4.90 Å². The zero-order valence-corrected chi connectivity index (χ0v) is 16.7. The zero-order valence-electron chi connectivity index (χ0n) is 16.7. The fraction of sp³-hybridized carbons (Fsp3) is 0.600. The number of methoxy groups -OCH3 is 1. The molecular weight excluding hydrogens is 365 g/mol. The molecule has 2 aliphatic rings. The largest absolute Gasteiger partial charge is 0.495 e. The Balaban J connectivity index is 1.67. The van der Waals surface area contributed by atoms with Crippen LogP contribution >= 0.6 is 0 Å². The number of rotatable bonds is 2. The van der Waals surface area contributed by atoms with Crippen LogP contribution in [0.15, 0.2) is 12.1 Å². The van der Waals surface area contributed by atoms with E-state index in [0.717, 1.165) is 0 Å². The molecule has 0 aliphatic carbocycles. The summed E-state index contributed by atoms with van der Waals surface area (Å²) < 4.78 is 30.9. The summed E-state index contributed by atoms with van der Waals surface area (Å²) in [6.45, 7) is 8.12. The minimum atomic E-state index is -0.535. The molecule has 0 aromatic heterocycles. The molecule has 2 fully saturated rings. The lowest BCUT2D eigenvalue weighted by atomic mass is 10.0. The highest BCUT2D eigenvalue weighted by Crippen LogP contribution is 2.32. The van der Waals surface area contributed by atoms with Crippen molar-refractivity contribution in [2.75, 3.05) is 39.9 Å². The Bertz CT molecular complexity index is 787. The molecule has 0 bridgehead atoms. The van der Waals surface area contributed by atoms with E-state index in [1.807, 2.05) is 26.8 Å². The van der Waals surface area contributed by atoms with Crippen molar-refractivity contribution in [2.45, 2.75) is 38.5 Å². The van der Waals surface area contributed by atoms with Gasteiger partial charge in [0, 0.05) is 37.8 Å². The van der Waals surface area contributed by atoms with Gasteiger partial charge in [-0.05, 0) is 26.8 Å². The van der Waals surface area contributed by atoms with Crippen LogP contribution in [0, 0.1) is 17.1 Å². The topological polar surface area (TPSA) is 75.0 Å². The monoisotopic (exact) mass is 391 g/mol.